The molecule has 0 bridgehead atoms. The van der Waals surface area contributed by atoms with Crippen LogP contribution in [0.25, 0.3) is 10.9 Å². The number of rotatable bonds is 13. The van der Waals surface area contributed by atoms with Gasteiger partial charge in [0.2, 0.25) is 0 Å². The topological polar surface area (TPSA) is 8.17 Å². The van der Waals surface area contributed by atoms with Crippen LogP contribution in [0, 0.1) is 5.82 Å². The standard InChI is InChI=1S/C27H43FN2/c1-2-3-4-5-6-7-8-9-10-15-21-30-23-24(22-29-19-13-11-12-14-20-29)27-25(28)17-16-18-26(27)30/h16-18,23H,2-15,19-22H2,1H3. The number of aromatic nitrogens is 1. The van der Waals surface area contributed by atoms with Gasteiger partial charge in [-0.05, 0) is 50.0 Å². The van der Waals surface area contributed by atoms with E-state index in [1.165, 1.54) is 95.5 Å². The minimum atomic E-state index is -0.0563. The molecule has 1 aliphatic heterocycles. The lowest BCUT2D eigenvalue weighted by molar-refractivity contribution is 0.277. The summed E-state index contributed by atoms with van der Waals surface area (Å²) in [5.74, 6) is -0.0563. The molecule has 0 radical (unpaired) electrons. The van der Waals surface area contributed by atoms with Gasteiger partial charge in [-0.25, -0.2) is 4.39 Å². The Balaban J connectivity index is 1.49. The summed E-state index contributed by atoms with van der Waals surface area (Å²) in [4.78, 5) is 2.53. The molecule has 168 valence electrons. The van der Waals surface area contributed by atoms with Gasteiger partial charge in [0.05, 0.1) is 5.52 Å². The molecule has 3 rings (SSSR count). The van der Waals surface area contributed by atoms with Crippen LogP contribution in [-0.4, -0.2) is 22.6 Å². The highest BCUT2D eigenvalue weighted by molar-refractivity contribution is 5.84. The molecule has 0 atom stereocenters. The van der Waals surface area contributed by atoms with E-state index in [1.807, 2.05) is 6.07 Å². The molecule has 0 N–H and O–H groups in total. The SMILES string of the molecule is CCCCCCCCCCCCn1cc(CN2CCCCCC2)c2c(F)cccc21. The van der Waals surface area contributed by atoms with Crippen LogP contribution in [0.5, 0.6) is 0 Å². The average molecular weight is 415 g/mol. The fraction of sp³-hybridized carbons (Fsp3) is 0.704. The van der Waals surface area contributed by atoms with Crippen LogP contribution in [0.3, 0.4) is 0 Å². The van der Waals surface area contributed by atoms with Gasteiger partial charge in [-0.15, -0.1) is 0 Å². The predicted octanol–water partition coefficient (Wildman–Crippen LogP) is 8.08. The summed E-state index contributed by atoms with van der Waals surface area (Å²) >= 11 is 0. The van der Waals surface area contributed by atoms with Gasteiger partial charge in [0.1, 0.15) is 5.82 Å². The van der Waals surface area contributed by atoms with Crippen molar-refractivity contribution in [2.24, 2.45) is 0 Å². The third kappa shape index (κ3) is 7.11. The largest absolute Gasteiger partial charge is 0.347 e. The highest BCUT2D eigenvalue weighted by atomic mass is 19.1. The zero-order chi connectivity index (χ0) is 21.0. The van der Waals surface area contributed by atoms with Crippen molar-refractivity contribution in [3.8, 4) is 0 Å². The lowest BCUT2D eigenvalue weighted by Gasteiger charge is -2.19. The van der Waals surface area contributed by atoms with Crippen molar-refractivity contribution in [3.63, 3.8) is 0 Å². The monoisotopic (exact) mass is 414 g/mol. The molecule has 0 unspecified atom stereocenters. The summed E-state index contributed by atoms with van der Waals surface area (Å²) in [5, 5.41) is 0.855. The number of likely N-dealkylation sites (tertiary alicyclic amines) is 1. The number of unbranched alkanes of at least 4 members (excludes halogenated alkanes) is 9. The summed E-state index contributed by atoms with van der Waals surface area (Å²) in [6, 6.07) is 5.59. The van der Waals surface area contributed by atoms with Crippen molar-refractivity contribution >= 4 is 10.9 Å². The Hall–Kier alpha value is -1.35. The normalized spacial score (nSPS) is 15.7. The molecule has 2 nitrogen and oxygen atoms in total. The minimum Gasteiger partial charge on any atom is -0.347 e. The van der Waals surface area contributed by atoms with Crippen molar-refractivity contribution in [3.05, 3.63) is 35.8 Å². The molecule has 1 saturated heterocycles. The molecule has 1 fully saturated rings. The van der Waals surface area contributed by atoms with Gasteiger partial charge >= 0.3 is 0 Å². The number of hydrogen-bond acceptors (Lipinski definition) is 1. The number of halogens is 1. The fourth-order valence-electron chi connectivity index (χ4n) is 5.00. The van der Waals surface area contributed by atoms with E-state index in [9.17, 15) is 4.39 Å². The van der Waals surface area contributed by atoms with E-state index >= 15 is 0 Å². The maximum atomic E-state index is 14.7. The van der Waals surface area contributed by atoms with Crippen LogP contribution >= 0.6 is 0 Å². The van der Waals surface area contributed by atoms with Gasteiger partial charge in [-0.3, -0.25) is 4.90 Å². The minimum absolute atomic E-state index is 0.0563. The first-order chi connectivity index (χ1) is 14.8. The number of aryl methyl sites for hydroxylation is 1. The number of fused-ring (bicyclic) bond motifs is 1. The van der Waals surface area contributed by atoms with Crippen LogP contribution in [0.1, 0.15) is 102 Å². The molecular formula is C27H43FN2. The Labute approximate surface area is 183 Å². The molecule has 1 aliphatic rings. The molecule has 0 saturated carbocycles. The first kappa shape index (κ1) is 23.3. The summed E-state index contributed by atoms with van der Waals surface area (Å²) in [7, 11) is 0. The lowest BCUT2D eigenvalue weighted by atomic mass is 10.1. The Morgan fingerprint density at radius 3 is 2.10 bits per heavy atom. The molecule has 0 aliphatic carbocycles. The van der Waals surface area contributed by atoms with E-state index in [0.717, 1.165) is 37.1 Å². The fourth-order valence-corrected chi connectivity index (χ4v) is 5.00. The van der Waals surface area contributed by atoms with Crippen molar-refractivity contribution in [1.29, 1.82) is 0 Å². The maximum Gasteiger partial charge on any atom is 0.132 e. The molecule has 3 heteroatoms. The molecule has 2 heterocycles. The van der Waals surface area contributed by atoms with Gasteiger partial charge in [0.25, 0.3) is 0 Å². The van der Waals surface area contributed by atoms with Crippen LogP contribution in [-0.2, 0) is 13.1 Å². The van der Waals surface area contributed by atoms with E-state index in [1.54, 1.807) is 6.07 Å². The number of benzene rings is 1. The molecule has 0 spiro atoms. The molecule has 0 amide bonds. The molecule has 30 heavy (non-hydrogen) atoms. The molecule has 1 aromatic heterocycles. The number of hydrogen-bond donors (Lipinski definition) is 0. The van der Waals surface area contributed by atoms with Crippen LogP contribution in [0.4, 0.5) is 4.39 Å². The van der Waals surface area contributed by atoms with Gasteiger partial charge in [-0.2, -0.15) is 0 Å². The Kier molecular flexibility index (Phi) is 10.2. The van der Waals surface area contributed by atoms with Crippen LogP contribution in [0.15, 0.2) is 24.4 Å². The van der Waals surface area contributed by atoms with Crippen molar-refractivity contribution < 1.29 is 4.39 Å². The van der Waals surface area contributed by atoms with E-state index < -0.39 is 0 Å². The van der Waals surface area contributed by atoms with Crippen molar-refractivity contribution in [1.82, 2.24) is 9.47 Å². The summed E-state index contributed by atoms with van der Waals surface area (Å²) < 4.78 is 17.0. The summed E-state index contributed by atoms with van der Waals surface area (Å²) in [6.07, 6.45) is 21.0. The van der Waals surface area contributed by atoms with Crippen molar-refractivity contribution in [2.45, 2.75) is 110 Å². The second kappa shape index (κ2) is 13.1. The molecule has 2 aromatic rings. The van der Waals surface area contributed by atoms with Crippen LogP contribution in [0.2, 0.25) is 0 Å². The van der Waals surface area contributed by atoms with E-state index in [-0.39, 0.29) is 5.82 Å². The van der Waals surface area contributed by atoms with E-state index in [4.69, 9.17) is 0 Å². The lowest BCUT2D eigenvalue weighted by Crippen LogP contribution is -2.23. The average Bonchev–Trinajstić information content (AvgIpc) is 2.91. The Bertz CT molecular complexity index is 728. The maximum absolute atomic E-state index is 14.7. The second-order valence-corrected chi connectivity index (χ2v) is 9.35. The molecular weight excluding hydrogens is 371 g/mol. The van der Waals surface area contributed by atoms with E-state index in [2.05, 4.69) is 28.7 Å². The second-order valence-electron chi connectivity index (χ2n) is 9.35. The third-order valence-electron chi connectivity index (χ3n) is 6.78. The summed E-state index contributed by atoms with van der Waals surface area (Å²) in [5.41, 5.74) is 2.26. The smallest absolute Gasteiger partial charge is 0.132 e. The molecule has 1 aromatic carbocycles. The Morgan fingerprint density at radius 1 is 0.800 bits per heavy atom. The zero-order valence-corrected chi connectivity index (χ0v) is 19.3. The van der Waals surface area contributed by atoms with Gasteiger partial charge < -0.3 is 4.57 Å². The Morgan fingerprint density at radius 2 is 1.43 bits per heavy atom. The first-order valence-corrected chi connectivity index (χ1v) is 12.8. The van der Waals surface area contributed by atoms with Gasteiger partial charge in [0.15, 0.2) is 0 Å². The summed E-state index contributed by atoms with van der Waals surface area (Å²) in [6.45, 7) is 6.48. The van der Waals surface area contributed by atoms with Crippen molar-refractivity contribution in [2.75, 3.05) is 13.1 Å². The first-order valence-electron chi connectivity index (χ1n) is 12.8. The predicted molar refractivity (Wildman–Crippen MR) is 127 cm³/mol. The zero-order valence-electron chi connectivity index (χ0n) is 19.3. The van der Waals surface area contributed by atoms with Crippen LogP contribution < -0.4 is 0 Å². The van der Waals surface area contributed by atoms with E-state index in [0.29, 0.717) is 0 Å². The third-order valence-corrected chi connectivity index (χ3v) is 6.78. The van der Waals surface area contributed by atoms with Gasteiger partial charge in [-0.1, -0.05) is 83.6 Å². The highest BCUT2D eigenvalue weighted by Crippen LogP contribution is 2.27. The highest BCUT2D eigenvalue weighted by Gasteiger charge is 2.16. The quantitative estimate of drug-likeness (QED) is 0.301. The number of nitrogens with zero attached hydrogens (tertiary/aromatic N) is 2. The van der Waals surface area contributed by atoms with Gasteiger partial charge in [0, 0.05) is 24.7 Å².